The summed E-state index contributed by atoms with van der Waals surface area (Å²) in [5, 5.41) is 27.1. The van der Waals surface area contributed by atoms with E-state index >= 15 is 0 Å². The van der Waals surface area contributed by atoms with Crippen LogP contribution in [0, 0.1) is 11.8 Å². The Morgan fingerprint density at radius 2 is 1.19 bits per heavy atom. The fourth-order valence-electron chi connectivity index (χ4n) is 3.50. The van der Waals surface area contributed by atoms with Crippen LogP contribution in [0.1, 0.15) is 90.4 Å². The molecule has 0 aliphatic rings. The summed E-state index contributed by atoms with van der Waals surface area (Å²) in [7, 11) is 0. The van der Waals surface area contributed by atoms with Gasteiger partial charge in [0.2, 0.25) is 0 Å². The van der Waals surface area contributed by atoms with Gasteiger partial charge in [0, 0.05) is 25.6 Å². The van der Waals surface area contributed by atoms with E-state index in [0.29, 0.717) is 12.3 Å². The van der Waals surface area contributed by atoms with Crippen molar-refractivity contribution in [1.82, 2.24) is 0 Å². The molecule has 0 aromatic carbocycles. The molecule has 4 nitrogen and oxygen atoms in total. The minimum absolute atomic E-state index is 0.123. The smallest absolute Gasteiger partial charge is 0.303 e. The van der Waals surface area contributed by atoms with Crippen LogP contribution in [-0.2, 0) is 4.79 Å². The van der Waals surface area contributed by atoms with Crippen molar-refractivity contribution in [3.63, 3.8) is 0 Å². The number of allylic oxidation sites excluding steroid dienone is 7. The fourth-order valence-corrected chi connectivity index (χ4v) is 3.50. The van der Waals surface area contributed by atoms with Gasteiger partial charge in [-0.05, 0) is 38.0 Å². The topological polar surface area (TPSA) is 77.8 Å². The zero-order chi connectivity index (χ0) is 23.0. The first-order chi connectivity index (χ1) is 15.1. The molecule has 0 aliphatic heterocycles. The standard InChI is InChI=1S/C27H46O4/c1-2-3-4-10-17-25(19-15-16-23-28)18-11-7-5-6-8-12-20-26(24-29)21-13-9-14-22-27(30)31/h5-8,11-12,18,20,25-26,28-29H,2-4,9-10,13-17,19,21-24H2,1H3,(H,30,31). The number of unbranched alkanes of at least 4 members (excludes halogenated alkanes) is 6. The molecule has 0 amide bonds. The maximum Gasteiger partial charge on any atom is 0.303 e. The molecule has 31 heavy (non-hydrogen) atoms. The Hall–Kier alpha value is -1.65. The summed E-state index contributed by atoms with van der Waals surface area (Å²) in [6.07, 6.45) is 29.6. The summed E-state index contributed by atoms with van der Waals surface area (Å²) in [5.74, 6) is -0.0145. The van der Waals surface area contributed by atoms with E-state index in [4.69, 9.17) is 10.2 Å². The summed E-state index contributed by atoms with van der Waals surface area (Å²) in [4.78, 5) is 10.5. The maximum absolute atomic E-state index is 10.5. The molecule has 0 saturated heterocycles. The zero-order valence-corrected chi connectivity index (χ0v) is 19.6. The summed E-state index contributed by atoms with van der Waals surface area (Å²) in [6, 6.07) is 0. The summed E-state index contributed by atoms with van der Waals surface area (Å²) in [5.41, 5.74) is 0. The first kappa shape index (κ1) is 29.4. The Bertz CT molecular complexity index is 519. The van der Waals surface area contributed by atoms with Gasteiger partial charge in [0.15, 0.2) is 0 Å². The van der Waals surface area contributed by atoms with Crippen molar-refractivity contribution < 1.29 is 20.1 Å². The highest BCUT2D eigenvalue weighted by atomic mass is 16.4. The Balaban J connectivity index is 4.23. The SMILES string of the molecule is CCCCCCC(C=CC=CC=CC=CC(CO)CCCCCC(=O)O)CCCCO. The monoisotopic (exact) mass is 434 g/mol. The van der Waals surface area contributed by atoms with E-state index < -0.39 is 5.97 Å². The Morgan fingerprint density at radius 1 is 0.677 bits per heavy atom. The third-order valence-corrected chi connectivity index (χ3v) is 5.43. The number of carboxylic acids is 1. The molecule has 0 saturated carbocycles. The Kier molecular flexibility index (Phi) is 21.8. The van der Waals surface area contributed by atoms with Crippen LogP contribution < -0.4 is 0 Å². The molecule has 3 N–H and O–H groups in total. The minimum Gasteiger partial charge on any atom is -0.481 e. The minimum atomic E-state index is -0.740. The highest BCUT2D eigenvalue weighted by molar-refractivity contribution is 5.66. The van der Waals surface area contributed by atoms with E-state index in [-0.39, 0.29) is 25.6 Å². The van der Waals surface area contributed by atoms with Gasteiger partial charge in [-0.25, -0.2) is 0 Å². The molecule has 0 heterocycles. The number of hydrogen-bond acceptors (Lipinski definition) is 3. The van der Waals surface area contributed by atoms with Crippen molar-refractivity contribution in [2.24, 2.45) is 11.8 Å². The number of rotatable bonds is 21. The van der Waals surface area contributed by atoms with E-state index in [1.54, 1.807) is 0 Å². The van der Waals surface area contributed by atoms with E-state index in [2.05, 4.69) is 25.2 Å². The Morgan fingerprint density at radius 3 is 1.74 bits per heavy atom. The number of aliphatic hydroxyl groups is 2. The molecule has 178 valence electrons. The van der Waals surface area contributed by atoms with E-state index in [0.717, 1.165) is 38.5 Å². The van der Waals surface area contributed by atoms with Gasteiger partial charge in [0.25, 0.3) is 0 Å². The molecule has 0 radical (unpaired) electrons. The Labute approximate surface area is 190 Å². The number of aliphatic hydroxyl groups excluding tert-OH is 2. The van der Waals surface area contributed by atoms with Gasteiger partial charge in [-0.1, -0.05) is 100 Å². The normalized spacial score (nSPS) is 14.4. The van der Waals surface area contributed by atoms with E-state index in [1.165, 1.54) is 32.1 Å². The van der Waals surface area contributed by atoms with Crippen molar-refractivity contribution in [2.75, 3.05) is 13.2 Å². The number of carboxylic acid groups (broad SMARTS) is 1. The van der Waals surface area contributed by atoms with Gasteiger partial charge in [0.1, 0.15) is 0 Å². The van der Waals surface area contributed by atoms with Crippen molar-refractivity contribution >= 4 is 5.97 Å². The third kappa shape index (κ3) is 21.4. The van der Waals surface area contributed by atoms with Crippen LogP contribution in [0.4, 0.5) is 0 Å². The van der Waals surface area contributed by atoms with Crippen LogP contribution in [-0.4, -0.2) is 34.5 Å². The molecule has 0 bridgehead atoms. The van der Waals surface area contributed by atoms with Gasteiger partial charge in [0.05, 0.1) is 0 Å². The van der Waals surface area contributed by atoms with Crippen LogP contribution in [0.5, 0.6) is 0 Å². The second kappa shape index (κ2) is 23.0. The van der Waals surface area contributed by atoms with Gasteiger partial charge in [-0.3, -0.25) is 4.79 Å². The lowest BCUT2D eigenvalue weighted by atomic mass is 9.94. The lowest BCUT2D eigenvalue weighted by molar-refractivity contribution is -0.137. The molecule has 0 aliphatic carbocycles. The first-order valence-electron chi connectivity index (χ1n) is 12.3. The van der Waals surface area contributed by atoms with Gasteiger partial charge in [-0.2, -0.15) is 0 Å². The second-order valence-electron chi connectivity index (χ2n) is 8.30. The first-order valence-corrected chi connectivity index (χ1v) is 12.3. The van der Waals surface area contributed by atoms with Gasteiger partial charge in [-0.15, -0.1) is 0 Å². The largest absolute Gasteiger partial charge is 0.481 e. The molecule has 0 aromatic rings. The summed E-state index contributed by atoms with van der Waals surface area (Å²) >= 11 is 0. The van der Waals surface area contributed by atoms with E-state index in [1.807, 2.05) is 30.4 Å². The molecule has 2 atom stereocenters. The maximum atomic E-state index is 10.5. The highest BCUT2D eigenvalue weighted by Crippen LogP contribution is 2.19. The molecule has 0 rings (SSSR count). The summed E-state index contributed by atoms with van der Waals surface area (Å²) < 4.78 is 0. The van der Waals surface area contributed by atoms with Gasteiger partial charge >= 0.3 is 5.97 Å². The summed E-state index contributed by atoms with van der Waals surface area (Å²) in [6.45, 7) is 2.64. The van der Waals surface area contributed by atoms with Crippen LogP contribution in [0.2, 0.25) is 0 Å². The predicted molar refractivity (Wildman–Crippen MR) is 131 cm³/mol. The molecule has 2 unspecified atom stereocenters. The number of carbonyl (C=O) groups is 1. The van der Waals surface area contributed by atoms with Crippen LogP contribution in [0.3, 0.4) is 0 Å². The van der Waals surface area contributed by atoms with Crippen molar-refractivity contribution in [3.8, 4) is 0 Å². The van der Waals surface area contributed by atoms with Gasteiger partial charge < -0.3 is 15.3 Å². The average Bonchev–Trinajstić information content (AvgIpc) is 2.76. The molecular formula is C27H46O4. The van der Waals surface area contributed by atoms with Crippen LogP contribution >= 0.6 is 0 Å². The van der Waals surface area contributed by atoms with Crippen molar-refractivity contribution in [2.45, 2.75) is 90.4 Å². The lowest BCUT2D eigenvalue weighted by Crippen LogP contribution is -2.02. The van der Waals surface area contributed by atoms with E-state index in [9.17, 15) is 9.90 Å². The average molecular weight is 435 g/mol. The second-order valence-corrected chi connectivity index (χ2v) is 8.30. The molecule has 0 aromatic heterocycles. The highest BCUT2D eigenvalue weighted by Gasteiger charge is 2.04. The quantitative estimate of drug-likeness (QED) is 0.140. The molecule has 4 heteroatoms. The molecule has 0 fully saturated rings. The lowest BCUT2D eigenvalue weighted by Gasteiger charge is -2.12. The zero-order valence-electron chi connectivity index (χ0n) is 19.6. The number of hydrogen-bond donors (Lipinski definition) is 3. The van der Waals surface area contributed by atoms with Crippen molar-refractivity contribution in [3.05, 3.63) is 48.6 Å². The molecule has 0 spiro atoms. The van der Waals surface area contributed by atoms with Crippen LogP contribution in [0.25, 0.3) is 0 Å². The third-order valence-electron chi connectivity index (χ3n) is 5.43. The predicted octanol–water partition coefficient (Wildman–Crippen LogP) is 6.60. The van der Waals surface area contributed by atoms with Crippen molar-refractivity contribution in [1.29, 1.82) is 0 Å². The number of aliphatic carboxylic acids is 1. The molecular weight excluding hydrogens is 388 g/mol. The van der Waals surface area contributed by atoms with Crippen LogP contribution in [0.15, 0.2) is 48.6 Å². The fraction of sp³-hybridized carbons (Fsp3) is 0.667.